The fraction of sp³-hybridized carbons (Fsp3) is 0.769. The van der Waals surface area contributed by atoms with Gasteiger partial charge in [0.1, 0.15) is 6.10 Å². The number of halogens is 1. The zero-order valence-electron chi connectivity index (χ0n) is 10.6. The third kappa shape index (κ3) is 1.96. The second-order valence-corrected chi connectivity index (χ2v) is 5.78. The van der Waals surface area contributed by atoms with Crippen molar-refractivity contribution in [2.75, 3.05) is 13.7 Å². The van der Waals surface area contributed by atoms with Crippen molar-refractivity contribution in [3.8, 4) is 0 Å². The van der Waals surface area contributed by atoms with Crippen molar-refractivity contribution in [2.45, 2.75) is 31.9 Å². The van der Waals surface area contributed by atoms with Crippen LogP contribution in [0.4, 0.5) is 0 Å². The number of aliphatic hydroxyl groups excluding tert-OH is 1. The summed E-state index contributed by atoms with van der Waals surface area (Å²) in [5.41, 5.74) is 0.771. The average Bonchev–Trinajstić information content (AvgIpc) is 2.73. The second-order valence-electron chi connectivity index (χ2n) is 5.37. The molecular formula is C13H19ClN2O2. The zero-order chi connectivity index (χ0) is 12.7. The van der Waals surface area contributed by atoms with Gasteiger partial charge in [0.05, 0.1) is 30.1 Å². The number of ether oxygens (including phenoxy) is 1. The van der Waals surface area contributed by atoms with E-state index >= 15 is 0 Å². The third-order valence-corrected chi connectivity index (χ3v) is 4.75. The molecule has 0 radical (unpaired) electrons. The summed E-state index contributed by atoms with van der Waals surface area (Å²) in [7, 11) is 1.66. The van der Waals surface area contributed by atoms with Gasteiger partial charge in [-0.15, -0.1) is 0 Å². The first-order valence-corrected chi connectivity index (χ1v) is 7.00. The van der Waals surface area contributed by atoms with E-state index in [2.05, 4.69) is 5.10 Å². The maximum Gasteiger partial charge on any atom is 0.100 e. The number of rotatable bonds is 5. The minimum atomic E-state index is -0.466. The van der Waals surface area contributed by atoms with Gasteiger partial charge in [-0.2, -0.15) is 5.10 Å². The summed E-state index contributed by atoms with van der Waals surface area (Å²) in [6.45, 7) is 1.22. The van der Waals surface area contributed by atoms with Crippen LogP contribution in [0.15, 0.2) is 6.20 Å². The molecule has 3 unspecified atom stereocenters. The molecule has 3 atom stereocenters. The van der Waals surface area contributed by atoms with Crippen molar-refractivity contribution in [1.82, 2.24) is 9.78 Å². The first-order valence-electron chi connectivity index (χ1n) is 6.62. The molecular weight excluding hydrogens is 252 g/mol. The van der Waals surface area contributed by atoms with Gasteiger partial charge in [-0.1, -0.05) is 18.0 Å². The Morgan fingerprint density at radius 2 is 2.28 bits per heavy atom. The molecule has 0 bridgehead atoms. The van der Waals surface area contributed by atoms with Crippen LogP contribution in [0, 0.1) is 17.8 Å². The van der Waals surface area contributed by atoms with Gasteiger partial charge in [0.25, 0.3) is 0 Å². The van der Waals surface area contributed by atoms with Crippen LogP contribution in [0.25, 0.3) is 0 Å². The number of hydrogen-bond acceptors (Lipinski definition) is 3. The molecule has 1 aromatic heterocycles. The van der Waals surface area contributed by atoms with E-state index in [1.54, 1.807) is 18.0 Å². The van der Waals surface area contributed by atoms with Gasteiger partial charge >= 0.3 is 0 Å². The standard InChI is InChI=1S/C13H19ClN2O2/c1-18-6-5-16-12(10(14)7-15-16)13(17)11-8-3-2-4-9(8)11/h7-9,11,13,17H,2-6H2,1H3. The Bertz CT molecular complexity index is 425. The van der Waals surface area contributed by atoms with E-state index in [1.165, 1.54) is 19.3 Å². The Kier molecular flexibility index (Phi) is 3.34. The van der Waals surface area contributed by atoms with Crippen LogP contribution in [0.1, 0.15) is 31.1 Å². The molecule has 100 valence electrons. The number of fused-ring (bicyclic) bond motifs is 1. The molecule has 2 saturated carbocycles. The topological polar surface area (TPSA) is 47.3 Å². The quantitative estimate of drug-likeness (QED) is 0.893. The Labute approximate surface area is 112 Å². The molecule has 0 aromatic carbocycles. The summed E-state index contributed by atoms with van der Waals surface area (Å²) in [6.07, 6.45) is 4.99. The fourth-order valence-corrected chi connectivity index (χ4v) is 3.80. The molecule has 3 rings (SSSR count). The van der Waals surface area contributed by atoms with E-state index in [1.807, 2.05) is 0 Å². The van der Waals surface area contributed by atoms with E-state index in [-0.39, 0.29) is 0 Å². The van der Waals surface area contributed by atoms with Crippen LogP contribution in [-0.2, 0) is 11.3 Å². The van der Waals surface area contributed by atoms with E-state index in [9.17, 15) is 5.11 Å². The molecule has 2 fully saturated rings. The van der Waals surface area contributed by atoms with Gasteiger partial charge in [-0.3, -0.25) is 4.68 Å². The lowest BCUT2D eigenvalue weighted by Gasteiger charge is -2.15. The van der Waals surface area contributed by atoms with E-state index in [0.29, 0.717) is 35.9 Å². The molecule has 1 heterocycles. The Morgan fingerprint density at radius 3 is 2.94 bits per heavy atom. The van der Waals surface area contributed by atoms with Crippen LogP contribution >= 0.6 is 11.6 Å². The molecule has 0 spiro atoms. The lowest BCUT2D eigenvalue weighted by Crippen LogP contribution is -2.15. The summed E-state index contributed by atoms with van der Waals surface area (Å²) in [4.78, 5) is 0. The van der Waals surface area contributed by atoms with Gasteiger partial charge in [0.2, 0.25) is 0 Å². The smallest absolute Gasteiger partial charge is 0.100 e. The molecule has 0 amide bonds. The number of methoxy groups -OCH3 is 1. The van der Waals surface area contributed by atoms with Crippen molar-refractivity contribution in [2.24, 2.45) is 17.8 Å². The summed E-state index contributed by atoms with van der Waals surface area (Å²) >= 11 is 6.16. The van der Waals surface area contributed by atoms with Crippen molar-refractivity contribution < 1.29 is 9.84 Å². The van der Waals surface area contributed by atoms with Crippen LogP contribution in [0.5, 0.6) is 0 Å². The highest BCUT2D eigenvalue weighted by Crippen LogP contribution is 2.62. The predicted octanol–water partition coefficient (Wildman–Crippen LogP) is 2.26. The molecule has 2 aliphatic carbocycles. The Balaban J connectivity index is 1.76. The molecule has 0 aliphatic heterocycles. The van der Waals surface area contributed by atoms with Crippen LogP contribution in [0.2, 0.25) is 5.02 Å². The zero-order valence-corrected chi connectivity index (χ0v) is 11.3. The maximum absolute atomic E-state index is 10.5. The van der Waals surface area contributed by atoms with E-state index in [0.717, 1.165) is 5.69 Å². The first-order chi connectivity index (χ1) is 8.74. The summed E-state index contributed by atoms with van der Waals surface area (Å²) in [5.74, 6) is 1.82. The molecule has 1 aromatic rings. The third-order valence-electron chi connectivity index (χ3n) is 4.46. The van der Waals surface area contributed by atoms with Gasteiger partial charge in [0, 0.05) is 7.11 Å². The highest BCUT2D eigenvalue weighted by Gasteiger charge is 2.56. The summed E-state index contributed by atoms with van der Waals surface area (Å²) in [6, 6.07) is 0. The van der Waals surface area contributed by atoms with Gasteiger partial charge in [-0.05, 0) is 30.6 Å². The highest BCUT2D eigenvalue weighted by atomic mass is 35.5. The second kappa shape index (κ2) is 4.83. The fourth-order valence-electron chi connectivity index (χ4n) is 3.55. The number of aromatic nitrogens is 2. The normalized spacial score (nSPS) is 31.4. The number of hydrogen-bond donors (Lipinski definition) is 1. The average molecular weight is 271 g/mol. The SMILES string of the molecule is COCCn1ncc(Cl)c1C(O)C1C2CCCC21. The van der Waals surface area contributed by atoms with E-state index in [4.69, 9.17) is 16.3 Å². The van der Waals surface area contributed by atoms with E-state index < -0.39 is 6.10 Å². The lowest BCUT2D eigenvalue weighted by atomic mass is 10.0. The number of aliphatic hydroxyl groups is 1. The largest absolute Gasteiger partial charge is 0.386 e. The molecule has 5 heteroatoms. The van der Waals surface area contributed by atoms with Crippen molar-refractivity contribution in [3.05, 3.63) is 16.9 Å². The number of nitrogens with zero attached hydrogens (tertiary/aromatic N) is 2. The van der Waals surface area contributed by atoms with Crippen LogP contribution < -0.4 is 0 Å². The van der Waals surface area contributed by atoms with Crippen molar-refractivity contribution in [1.29, 1.82) is 0 Å². The monoisotopic (exact) mass is 270 g/mol. The van der Waals surface area contributed by atoms with Crippen LogP contribution in [-0.4, -0.2) is 28.6 Å². The molecule has 1 N–H and O–H groups in total. The van der Waals surface area contributed by atoms with Crippen LogP contribution in [0.3, 0.4) is 0 Å². The highest BCUT2D eigenvalue weighted by molar-refractivity contribution is 6.31. The lowest BCUT2D eigenvalue weighted by molar-refractivity contribution is 0.121. The first kappa shape index (κ1) is 12.5. The van der Waals surface area contributed by atoms with Gasteiger partial charge < -0.3 is 9.84 Å². The summed E-state index contributed by atoms with van der Waals surface area (Å²) in [5, 5.41) is 15.3. The summed E-state index contributed by atoms with van der Waals surface area (Å²) < 4.78 is 6.84. The van der Waals surface area contributed by atoms with Gasteiger partial charge in [0.15, 0.2) is 0 Å². The Hall–Kier alpha value is -0.580. The van der Waals surface area contributed by atoms with Crippen molar-refractivity contribution >= 4 is 11.6 Å². The minimum absolute atomic E-state index is 0.397. The van der Waals surface area contributed by atoms with Gasteiger partial charge in [-0.25, -0.2) is 0 Å². The van der Waals surface area contributed by atoms with Crippen molar-refractivity contribution in [3.63, 3.8) is 0 Å². The maximum atomic E-state index is 10.5. The predicted molar refractivity (Wildman–Crippen MR) is 68.4 cm³/mol. The Morgan fingerprint density at radius 1 is 1.56 bits per heavy atom. The molecule has 4 nitrogen and oxygen atoms in total. The molecule has 2 aliphatic rings. The molecule has 0 saturated heterocycles. The molecule has 18 heavy (non-hydrogen) atoms. The minimum Gasteiger partial charge on any atom is -0.386 e.